The Labute approximate surface area is 117 Å². The van der Waals surface area contributed by atoms with Gasteiger partial charge in [0.15, 0.2) is 12.0 Å². The van der Waals surface area contributed by atoms with E-state index >= 15 is 0 Å². The van der Waals surface area contributed by atoms with Crippen molar-refractivity contribution in [2.75, 3.05) is 17.7 Å². The summed E-state index contributed by atoms with van der Waals surface area (Å²) in [5.74, 6) is 0.928. The number of nitrogens with zero attached hydrogens (tertiary/aromatic N) is 3. The lowest BCUT2D eigenvalue weighted by Gasteiger charge is -2.20. The van der Waals surface area contributed by atoms with Gasteiger partial charge in [-0.2, -0.15) is 0 Å². The minimum atomic E-state index is 0.683. The highest BCUT2D eigenvalue weighted by molar-refractivity contribution is 5.72. The third kappa shape index (κ3) is 2.30. The average molecular weight is 268 g/mol. The molecular formula is C15H16N4O. The highest BCUT2D eigenvalue weighted by Gasteiger charge is 2.08. The summed E-state index contributed by atoms with van der Waals surface area (Å²) in [4.78, 5) is 10.6. The quantitative estimate of drug-likeness (QED) is 0.791. The molecule has 102 valence electrons. The fraction of sp³-hybridized carbons (Fsp3) is 0.200. The number of nitrogens with two attached hydrogens (primary N) is 1. The van der Waals surface area contributed by atoms with Crippen molar-refractivity contribution in [3.8, 4) is 0 Å². The van der Waals surface area contributed by atoms with Gasteiger partial charge in [-0.25, -0.2) is 9.97 Å². The van der Waals surface area contributed by atoms with Gasteiger partial charge in [-0.15, -0.1) is 0 Å². The molecule has 5 heteroatoms. The first-order valence-corrected chi connectivity index (χ1v) is 6.39. The van der Waals surface area contributed by atoms with Gasteiger partial charge in [0.25, 0.3) is 0 Å². The normalized spacial score (nSPS) is 10.9. The minimum absolute atomic E-state index is 0.683. The van der Waals surface area contributed by atoms with Crippen molar-refractivity contribution in [3.63, 3.8) is 0 Å². The predicted molar refractivity (Wildman–Crippen MR) is 79.5 cm³/mol. The predicted octanol–water partition coefficient (Wildman–Crippen LogP) is 2.75. The van der Waals surface area contributed by atoms with Crippen LogP contribution in [0.25, 0.3) is 11.1 Å². The number of anilines is 2. The van der Waals surface area contributed by atoms with Crippen LogP contribution < -0.4 is 10.6 Å². The molecule has 0 saturated heterocycles. The maximum absolute atomic E-state index is 5.73. The second kappa shape index (κ2) is 4.85. The first-order chi connectivity index (χ1) is 9.63. The fourth-order valence-corrected chi connectivity index (χ4v) is 2.34. The Hall–Kier alpha value is -2.56. The Morgan fingerprint density at radius 1 is 1.25 bits per heavy atom. The standard InChI is InChI=1S/C15H16N4O/c1-10-5-12(16)7-17-15(10)19(2)8-11-3-4-13-14(6-11)20-9-18-13/h3-7,9H,8,16H2,1-2H3. The molecule has 2 heterocycles. The second-order valence-corrected chi connectivity index (χ2v) is 4.92. The molecule has 3 rings (SSSR count). The molecule has 0 aliphatic rings. The summed E-state index contributed by atoms with van der Waals surface area (Å²) in [6.45, 7) is 2.75. The van der Waals surface area contributed by atoms with Crippen LogP contribution in [0.5, 0.6) is 0 Å². The lowest BCUT2D eigenvalue weighted by atomic mass is 10.2. The number of hydrogen-bond donors (Lipinski definition) is 1. The summed E-state index contributed by atoms with van der Waals surface area (Å²) in [5.41, 5.74) is 10.3. The van der Waals surface area contributed by atoms with Crippen LogP contribution in [0.15, 0.2) is 41.3 Å². The molecule has 2 aromatic heterocycles. The van der Waals surface area contributed by atoms with Gasteiger partial charge in [-0.05, 0) is 36.2 Å². The molecule has 0 spiro atoms. The number of oxazole rings is 1. The number of nitrogen functional groups attached to an aromatic ring is 1. The molecule has 3 aromatic rings. The zero-order chi connectivity index (χ0) is 14.1. The van der Waals surface area contributed by atoms with Crippen LogP contribution in [-0.4, -0.2) is 17.0 Å². The van der Waals surface area contributed by atoms with E-state index < -0.39 is 0 Å². The van der Waals surface area contributed by atoms with Gasteiger partial charge in [-0.1, -0.05) is 6.07 Å². The summed E-state index contributed by atoms with van der Waals surface area (Å²) in [5, 5.41) is 0. The summed E-state index contributed by atoms with van der Waals surface area (Å²) >= 11 is 0. The Morgan fingerprint density at radius 2 is 2.10 bits per heavy atom. The molecule has 2 N–H and O–H groups in total. The van der Waals surface area contributed by atoms with E-state index in [9.17, 15) is 0 Å². The number of hydrogen-bond acceptors (Lipinski definition) is 5. The van der Waals surface area contributed by atoms with Crippen molar-refractivity contribution >= 4 is 22.6 Å². The van der Waals surface area contributed by atoms with Crippen LogP contribution in [0, 0.1) is 6.92 Å². The van der Waals surface area contributed by atoms with E-state index in [-0.39, 0.29) is 0 Å². The molecule has 0 aliphatic heterocycles. The van der Waals surface area contributed by atoms with Crippen LogP contribution in [-0.2, 0) is 6.54 Å². The van der Waals surface area contributed by atoms with E-state index in [1.54, 1.807) is 6.20 Å². The molecule has 0 aliphatic carbocycles. The summed E-state index contributed by atoms with van der Waals surface area (Å²) in [6.07, 6.45) is 3.14. The molecule has 0 bridgehead atoms. The zero-order valence-electron chi connectivity index (χ0n) is 11.5. The molecule has 1 aromatic carbocycles. The van der Waals surface area contributed by atoms with Gasteiger partial charge in [0, 0.05) is 13.6 Å². The largest absolute Gasteiger partial charge is 0.443 e. The molecule has 20 heavy (non-hydrogen) atoms. The molecule has 5 nitrogen and oxygen atoms in total. The number of rotatable bonds is 3. The number of pyridine rings is 1. The monoisotopic (exact) mass is 268 g/mol. The Balaban J connectivity index is 1.85. The summed E-state index contributed by atoms with van der Waals surface area (Å²) < 4.78 is 5.32. The Morgan fingerprint density at radius 3 is 2.90 bits per heavy atom. The number of aromatic nitrogens is 2. The van der Waals surface area contributed by atoms with Gasteiger partial charge in [0.05, 0.1) is 11.9 Å². The molecule has 0 fully saturated rings. The average Bonchev–Trinajstić information content (AvgIpc) is 2.85. The highest BCUT2D eigenvalue weighted by atomic mass is 16.3. The van der Waals surface area contributed by atoms with Gasteiger partial charge in [-0.3, -0.25) is 0 Å². The van der Waals surface area contributed by atoms with E-state index in [1.165, 1.54) is 6.39 Å². The van der Waals surface area contributed by atoms with Gasteiger partial charge in [0.1, 0.15) is 11.3 Å². The molecule has 0 saturated carbocycles. The van der Waals surface area contributed by atoms with Crippen LogP contribution in [0.4, 0.5) is 11.5 Å². The number of fused-ring (bicyclic) bond motifs is 1. The van der Waals surface area contributed by atoms with Gasteiger partial charge >= 0.3 is 0 Å². The Bertz CT molecular complexity index is 750. The highest BCUT2D eigenvalue weighted by Crippen LogP contribution is 2.21. The maximum Gasteiger partial charge on any atom is 0.181 e. The van der Waals surface area contributed by atoms with Crippen LogP contribution >= 0.6 is 0 Å². The molecule has 0 unspecified atom stereocenters. The molecule has 0 radical (unpaired) electrons. The van der Waals surface area contributed by atoms with Crippen molar-refractivity contribution in [2.45, 2.75) is 13.5 Å². The maximum atomic E-state index is 5.73. The first-order valence-electron chi connectivity index (χ1n) is 6.39. The summed E-state index contributed by atoms with van der Waals surface area (Å²) in [6, 6.07) is 7.95. The molecular weight excluding hydrogens is 252 g/mol. The van der Waals surface area contributed by atoms with Crippen molar-refractivity contribution in [3.05, 3.63) is 48.0 Å². The lowest BCUT2D eigenvalue weighted by molar-refractivity contribution is 0.601. The smallest absolute Gasteiger partial charge is 0.181 e. The van der Waals surface area contributed by atoms with E-state index in [0.717, 1.165) is 34.6 Å². The van der Waals surface area contributed by atoms with E-state index in [1.807, 2.05) is 38.2 Å². The third-order valence-corrected chi connectivity index (χ3v) is 3.25. The third-order valence-electron chi connectivity index (χ3n) is 3.25. The fourth-order valence-electron chi connectivity index (χ4n) is 2.34. The summed E-state index contributed by atoms with van der Waals surface area (Å²) in [7, 11) is 2.01. The van der Waals surface area contributed by atoms with E-state index in [2.05, 4.69) is 14.9 Å². The first kappa shape index (κ1) is 12.5. The van der Waals surface area contributed by atoms with Crippen molar-refractivity contribution in [1.29, 1.82) is 0 Å². The van der Waals surface area contributed by atoms with E-state index in [0.29, 0.717) is 5.69 Å². The van der Waals surface area contributed by atoms with E-state index in [4.69, 9.17) is 10.2 Å². The van der Waals surface area contributed by atoms with Crippen molar-refractivity contribution in [2.24, 2.45) is 0 Å². The molecule has 0 amide bonds. The zero-order valence-corrected chi connectivity index (χ0v) is 11.5. The minimum Gasteiger partial charge on any atom is -0.443 e. The van der Waals surface area contributed by atoms with Gasteiger partial charge in [0.2, 0.25) is 0 Å². The van der Waals surface area contributed by atoms with Crippen molar-refractivity contribution in [1.82, 2.24) is 9.97 Å². The van der Waals surface area contributed by atoms with Crippen LogP contribution in [0.2, 0.25) is 0 Å². The van der Waals surface area contributed by atoms with Crippen LogP contribution in [0.1, 0.15) is 11.1 Å². The van der Waals surface area contributed by atoms with Crippen LogP contribution in [0.3, 0.4) is 0 Å². The van der Waals surface area contributed by atoms with Gasteiger partial charge < -0.3 is 15.1 Å². The SMILES string of the molecule is Cc1cc(N)cnc1N(C)Cc1ccc2ncoc2c1. The lowest BCUT2D eigenvalue weighted by Crippen LogP contribution is -2.18. The Kier molecular flexibility index (Phi) is 3.02. The number of aryl methyl sites for hydroxylation is 1. The number of benzene rings is 1. The topological polar surface area (TPSA) is 68.2 Å². The van der Waals surface area contributed by atoms with Crippen molar-refractivity contribution < 1.29 is 4.42 Å². The molecule has 0 atom stereocenters. The second-order valence-electron chi connectivity index (χ2n) is 4.92.